The zero-order valence-electron chi connectivity index (χ0n) is 12.2. The van der Waals surface area contributed by atoms with Gasteiger partial charge in [0.15, 0.2) is 0 Å². The molecule has 0 heterocycles. The number of carbonyl (C=O) groups is 1. The van der Waals surface area contributed by atoms with E-state index in [-0.39, 0.29) is 5.91 Å². The van der Waals surface area contributed by atoms with Crippen LogP contribution in [-0.2, 0) is 0 Å². The van der Waals surface area contributed by atoms with E-state index in [2.05, 4.69) is 6.07 Å². The van der Waals surface area contributed by atoms with Crippen LogP contribution in [0.2, 0.25) is 0 Å². The number of nitrogens with zero attached hydrogens (tertiary/aromatic N) is 2. The van der Waals surface area contributed by atoms with E-state index in [1.807, 2.05) is 12.1 Å². The van der Waals surface area contributed by atoms with Crippen molar-refractivity contribution >= 4 is 17.7 Å². The Labute approximate surface area is 129 Å². The van der Waals surface area contributed by atoms with Gasteiger partial charge in [0.2, 0.25) is 0 Å². The average molecular weight is 304 g/mol. The molecule has 1 aromatic carbocycles. The van der Waals surface area contributed by atoms with Crippen molar-refractivity contribution in [1.82, 2.24) is 4.90 Å². The molecule has 112 valence electrons. The van der Waals surface area contributed by atoms with Crippen LogP contribution >= 0.6 is 11.8 Å². The fraction of sp³-hybridized carbons (Fsp3) is 0.500. The van der Waals surface area contributed by atoms with E-state index < -0.39 is 5.60 Å². The van der Waals surface area contributed by atoms with Crippen LogP contribution in [0.1, 0.15) is 36.0 Å². The zero-order valence-corrected chi connectivity index (χ0v) is 13.0. The van der Waals surface area contributed by atoms with Gasteiger partial charge in [0.1, 0.15) is 0 Å². The van der Waals surface area contributed by atoms with Gasteiger partial charge in [-0.25, -0.2) is 0 Å². The molecule has 0 bridgehead atoms. The van der Waals surface area contributed by atoms with Gasteiger partial charge in [-0.1, -0.05) is 18.9 Å². The van der Waals surface area contributed by atoms with Crippen molar-refractivity contribution in [3.8, 4) is 6.07 Å². The first-order chi connectivity index (χ1) is 10.0. The molecular formula is C16H20N2O2S. The summed E-state index contributed by atoms with van der Waals surface area (Å²) in [7, 11) is 1.73. The standard InChI is InChI=1S/C16H20N2O2S/c1-18(12-16(20)7-2-3-8-16)15(19)13-5-4-6-14(11-13)21-10-9-17/h4-6,11,20H,2-3,7-8,10,12H2,1H3. The Morgan fingerprint density at radius 1 is 1.48 bits per heavy atom. The molecule has 21 heavy (non-hydrogen) atoms. The summed E-state index contributed by atoms with van der Waals surface area (Å²) < 4.78 is 0. The van der Waals surface area contributed by atoms with Gasteiger partial charge in [-0.2, -0.15) is 5.26 Å². The molecule has 0 saturated heterocycles. The molecule has 1 aromatic rings. The smallest absolute Gasteiger partial charge is 0.253 e. The minimum atomic E-state index is -0.725. The molecule has 2 rings (SSSR count). The van der Waals surface area contributed by atoms with Gasteiger partial charge in [-0.3, -0.25) is 4.79 Å². The molecule has 0 atom stereocenters. The maximum atomic E-state index is 12.4. The first kappa shape index (κ1) is 15.9. The first-order valence-corrected chi connectivity index (χ1v) is 8.10. The minimum Gasteiger partial charge on any atom is -0.388 e. The van der Waals surface area contributed by atoms with Crippen LogP contribution in [-0.4, -0.2) is 40.9 Å². The highest BCUT2D eigenvalue weighted by molar-refractivity contribution is 7.99. The molecule has 1 N–H and O–H groups in total. The van der Waals surface area contributed by atoms with Crippen LogP contribution in [0.3, 0.4) is 0 Å². The van der Waals surface area contributed by atoms with E-state index in [9.17, 15) is 9.90 Å². The van der Waals surface area contributed by atoms with Gasteiger partial charge < -0.3 is 10.0 Å². The number of likely N-dealkylation sites (N-methyl/N-ethyl adjacent to an activating group) is 1. The molecule has 1 fully saturated rings. The van der Waals surface area contributed by atoms with Crippen molar-refractivity contribution in [2.45, 2.75) is 36.2 Å². The number of rotatable bonds is 5. The molecule has 0 aromatic heterocycles. The number of carbonyl (C=O) groups excluding carboxylic acids is 1. The third-order valence-corrected chi connectivity index (χ3v) is 4.66. The highest BCUT2D eigenvalue weighted by atomic mass is 32.2. The maximum absolute atomic E-state index is 12.4. The SMILES string of the molecule is CN(CC1(O)CCCC1)C(=O)c1cccc(SCC#N)c1. The van der Waals surface area contributed by atoms with Gasteiger partial charge in [0, 0.05) is 24.1 Å². The summed E-state index contributed by atoms with van der Waals surface area (Å²) in [5.41, 5.74) is -0.126. The Balaban J connectivity index is 2.03. The van der Waals surface area contributed by atoms with Crippen LogP contribution in [0.5, 0.6) is 0 Å². The van der Waals surface area contributed by atoms with Crippen molar-refractivity contribution in [1.29, 1.82) is 5.26 Å². The molecule has 0 radical (unpaired) electrons. The van der Waals surface area contributed by atoms with Gasteiger partial charge in [-0.05, 0) is 31.0 Å². The predicted octanol–water partition coefficient (Wildman–Crippen LogP) is 2.68. The monoisotopic (exact) mass is 304 g/mol. The van der Waals surface area contributed by atoms with Crippen LogP contribution in [0.25, 0.3) is 0 Å². The number of benzene rings is 1. The number of amides is 1. The number of thioether (sulfide) groups is 1. The Bertz CT molecular complexity index is 547. The van der Waals surface area contributed by atoms with Crippen LogP contribution in [0.15, 0.2) is 29.2 Å². The first-order valence-electron chi connectivity index (χ1n) is 7.12. The lowest BCUT2D eigenvalue weighted by Crippen LogP contribution is -2.42. The average Bonchev–Trinajstić information content (AvgIpc) is 2.90. The van der Waals surface area contributed by atoms with Crippen molar-refractivity contribution in [3.05, 3.63) is 29.8 Å². The third kappa shape index (κ3) is 4.23. The maximum Gasteiger partial charge on any atom is 0.253 e. The van der Waals surface area contributed by atoms with Crippen molar-refractivity contribution < 1.29 is 9.90 Å². The fourth-order valence-electron chi connectivity index (χ4n) is 2.76. The number of hydrogen-bond acceptors (Lipinski definition) is 4. The summed E-state index contributed by atoms with van der Waals surface area (Å²) in [6, 6.07) is 9.37. The summed E-state index contributed by atoms with van der Waals surface area (Å²) >= 11 is 1.41. The lowest BCUT2D eigenvalue weighted by Gasteiger charge is -2.28. The van der Waals surface area contributed by atoms with E-state index in [1.165, 1.54) is 11.8 Å². The Kier molecular flexibility index (Phi) is 5.27. The second-order valence-corrected chi connectivity index (χ2v) is 6.62. The fourth-order valence-corrected chi connectivity index (χ4v) is 3.38. The molecular weight excluding hydrogens is 284 g/mol. The van der Waals surface area contributed by atoms with Crippen molar-refractivity contribution in [3.63, 3.8) is 0 Å². The van der Waals surface area contributed by atoms with Crippen molar-refractivity contribution in [2.24, 2.45) is 0 Å². The highest BCUT2D eigenvalue weighted by Crippen LogP contribution is 2.30. The Hall–Kier alpha value is -1.51. The Morgan fingerprint density at radius 3 is 2.86 bits per heavy atom. The molecule has 1 aliphatic rings. The number of aliphatic hydroxyl groups is 1. The van der Waals surface area contributed by atoms with E-state index >= 15 is 0 Å². The quantitative estimate of drug-likeness (QED) is 0.849. The lowest BCUT2D eigenvalue weighted by molar-refractivity contribution is 0.0156. The van der Waals surface area contributed by atoms with Crippen molar-refractivity contribution in [2.75, 3.05) is 19.3 Å². The van der Waals surface area contributed by atoms with E-state index in [0.717, 1.165) is 30.6 Å². The summed E-state index contributed by atoms with van der Waals surface area (Å²) in [5.74, 6) is 0.280. The molecule has 5 heteroatoms. The molecule has 0 unspecified atom stereocenters. The predicted molar refractivity (Wildman–Crippen MR) is 83.2 cm³/mol. The number of nitriles is 1. The van der Waals surface area contributed by atoms with Gasteiger partial charge in [0.25, 0.3) is 5.91 Å². The molecule has 1 aliphatic carbocycles. The summed E-state index contributed by atoms with van der Waals surface area (Å²) in [4.78, 5) is 15.0. The minimum absolute atomic E-state index is 0.0882. The molecule has 1 amide bonds. The lowest BCUT2D eigenvalue weighted by atomic mass is 10.0. The van der Waals surface area contributed by atoms with E-state index in [0.29, 0.717) is 17.9 Å². The van der Waals surface area contributed by atoms with Gasteiger partial charge in [-0.15, -0.1) is 11.8 Å². The summed E-state index contributed by atoms with van der Waals surface area (Å²) in [6.45, 7) is 0.376. The van der Waals surface area contributed by atoms with Crippen LogP contribution < -0.4 is 0 Å². The normalized spacial score (nSPS) is 16.4. The third-order valence-electron chi connectivity index (χ3n) is 3.80. The largest absolute Gasteiger partial charge is 0.388 e. The van der Waals surface area contributed by atoms with Gasteiger partial charge >= 0.3 is 0 Å². The van der Waals surface area contributed by atoms with E-state index in [4.69, 9.17) is 5.26 Å². The molecule has 0 aliphatic heterocycles. The van der Waals surface area contributed by atoms with Crippen LogP contribution in [0, 0.1) is 11.3 Å². The van der Waals surface area contributed by atoms with Crippen LogP contribution in [0.4, 0.5) is 0 Å². The van der Waals surface area contributed by atoms with Gasteiger partial charge in [0.05, 0.1) is 17.4 Å². The second kappa shape index (κ2) is 6.97. The second-order valence-electron chi connectivity index (χ2n) is 5.57. The molecule has 0 spiro atoms. The molecule has 4 nitrogen and oxygen atoms in total. The highest BCUT2D eigenvalue weighted by Gasteiger charge is 2.33. The number of hydrogen-bond donors (Lipinski definition) is 1. The zero-order chi connectivity index (χ0) is 15.3. The Morgan fingerprint density at radius 2 is 2.19 bits per heavy atom. The summed E-state index contributed by atoms with van der Waals surface area (Å²) in [6.07, 6.45) is 3.59. The van der Waals surface area contributed by atoms with E-state index in [1.54, 1.807) is 24.1 Å². The topological polar surface area (TPSA) is 64.3 Å². The summed E-state index contributed by atoms with van der Waals surface area (Å²) in [5, 5.41) is 19.0. The molecule has 1 saturated carbocycles.